The summed E-state index contributed by atoms with van der Waals surface area (Å²) < 4.78 is 0. The Labute approximate surface area is 111 Å². The molecule has 1 saturated heterocycles. The molecule has 0 atom stereocenters. The Kier molecular flexibility index (Phi) is 4.51. The number of hydrogen-bond donors (Lipinski definition) is 3. The monoisotopic (exact) mass is 265 g/mol. The van der Waals surface area contributed by atoms with Gasteiger partial charge in [0.1, 0.15) is 5.69 Å². The Hall–Kier alpha value is -1.89. The van der Waals surface area contributed by atoms with E-state index in [1.165, 1.54) is 25.6 Å². The first kappa shape index (κ1) is 13.5. The number of nitrogens with zero attached hydrogens (tertiary/aromatic N) is 2. The van der Waals surface area contributed by atoms with Crippen molar-refractivity contribution in [3.05, 3.63) is 17.7 Å². The van der Waals surface area contributed by atoms with E-state index < -0.39 is 5.91 Å². The average molecular weight is 265 g/mol. The van der Waals surface area contributed by atoms with Crippen molar-refractivity contribution in [2.45, 2.75) is 19.3 Å². The van der Waals surface area contributed by atoms with E-state index in [4.69, 9.17) is 5.73 Å². The molecule has 0 radical (unpaired) electrons. The number of hydrogen-bond acceptors (Lipinski definition) is 4. The lowest BCUT2D eigenvalue weighted by Crippen LogP contribution is -2.38. The summed E-state index contributed by atoms with van der Waals surface area (Å²) in [7, 11) is 0. The highest BCUT2D eigenvalue weighted by Crippen LogP contribution is 2.07. The van der Waals surface area contributed by atoms with E-state index in [9.17, 15) is 9.59 Å². The summed E-state index contributed by atoms with van der Waals surface area (Å²) in [5.41, 5.74) is 5.25. The number of imidazole rings is 1. The van der Waals surface area contributed by atoms with Gasteiger partial charge in [0.2, 0.25) is 0 Å². The third-order valence-electron chi connectivity index (χ3n) is 3.26. The molecule has 1 aliphatic heterocycles. The number of nitrogens with one attached hydrogen (secondary N) is 2. The van der Waals surface area contributed by atoms with Crippen molar-refractivity contribution in [1.29, 1.82) is 0 Å². The number of piperidine rings is 1. The minimum absolute atomic E-state index is 0.0181. The van der Waals surface area contributed by atoms with Gasteiger partial charge in [-0.25, -0.2) is 4.98 Å². The lowest BCUT2D eigenvalue weighted by molar-refractivity contribution is 0.0925. The number of carbonyl (C=O) groups excluding carboxylic acids is 2. The number of amides is 2. The van der Waals surface area contributed by atoms with Crippen LogP contribution in [0.1, 0.15) is 40.2 Å². The van der Waals surface area contributed by atoms with Crippen LogP contribution in [0.2, 0.25) is 0 Å². The van der Waals surface area contributed by atoms with Gasteiger partial charge in [0.05, 0.1) is 6.33 Å². The summed E-state index contributed by atoms with van der Waals surface area (Å²) in [5, 5.41) is 2.77. The van der Waals surface area contributed by atoms with Gasteiger partial charge in [-0.1, -0.05) is 6.42 Å². The highest BCUT2D eigenvalue weighted by molar-refractivity contribution is 6.04. The summed E-state index contributed by atoms with van der Waals surface area (Å²) in [6.45, 7) is 3.56. The maximum absolute atomic E-state index is 11.9. The molecule has 1 aliphatic rings. The van der Waals surface area contributed by atoms with Gasteiger partial charge in [0.25, 0.3) is 11.8 Å². The van der Waals surface area contributed by atoms with E-state index >= 15 is 0 Å². The minimum atomic E-state index is -0.706. The molecule has 7 nitrogen and oxygen atoms in total. The summed E-state index contributed by atoms with van der Waals surface area (Å²) >= 11 is 0. The van der Waals surface area contributed by atoms with Gasteiger partial charge >= 0.3 is 0 Å². The van der Waals surface area contributed by atoms with Crippen molar-refractivity contribution in [3.8, 4) is 0 Å². The quantitative estimate of drug-likeness (QED) is 0.681. The van der Waals surface area contributed by atoms with Crippen LogP contribution in [0.25, 0.3) is 0 Å². The first-order valence-corrected chi connectivity index (χ1v) is 6.52. The fourth-order valence-electron chi connectivity index (χ4n) is 2.25. The molecule has 0 bridgehead atoms. The molecule has 7 heteroatoms. The molecule has 104 valence electrons. The zero-order valence-corrected chi connectivity index (χ0v) is 10.8. The average Bonchev–Trinajstić information content (AvgIpc) is 2.89. The lowest BCUT2D eigenvalue weighted by atomic mass is 10.1. The third-order valence-corrected chi connectivity index (χ3v) is 3.26. The van der Waals surface area contributed by atoms with E-state index in [0.717, 1.165) is 19.6 Å². The van der Waals surface area contributed by atoms with Crippen LogP contribution in [0.4, 0.5) is 0 Å². The van der Waals surface area contributed by atoms with E-state index in [1.807, 2.05) is 0 Å². The zero-order chi connectivity index (χ0) is 13.7. The molecule has 1 fully saturated rings. The maximum atomic E-state index is 11.9. The van der Waals surface area contributed by atoms with Crippen molar-refractivity contribution < 1.29 is 9.59 Å². The predicted molar refractivity (Wildman–Crippen MR) is 69.7 cm³/mol. The van der Waals surface area contributed by atoms with Gasteiger partial charge in [0, 0.05) is 13.1 Å². The molecule has 1 aromatic heterocycles. The number of likely N-dealkylation sites (tertiary alicyclic amines) is 1. The zero-order valence-electron chi connectivity index (χ0n) is 10.8. The second kappa shape index (κ2) is 6.33. The van der Waals surface area contributed by atoms with E-state index in [2.05, 4.69) is 20.2 Å². The van der Waals surface area contributed by atoms with Gasteiger partial charge in [-0.15, -0.1) is 0 Å². The SMILES string of the molecule is NC(=O)c1nc[nH]c1C(=O)NCCN1CCCCC1. The van der Waals surface area contributed by atoms with E-state index in [0.29, 0.717) is 6.54 Å². The predicted octanol–water partition coefficient (Wildman–Crippen LogP) is -0.276. The van der Waals surface area contributed by atoms with Crippen LogP contribution in [0.15, 0.2) is 6.33 Å². The number of primary amides is 1. The van der Waals surface area contributed by atoms with Gasteiger partial charge in [-0.3, -0.25) is 9.59 Å². The molecule has 4 N–H and O–H groups in total. The molecule has 0 unspecified atom stereocenters. The lowest BCUT2D eigenvalue weighted by Gasteiger charge is -2.26. The fraction of sp³-hybridized carbons (Fsp3) is 0.583. The Morgan fingerprint density at radius 2 is 2.11 bits per heavy atom. The van der Waals surface area contributed by atoms with Crippen LogP contribution in [0.3, 0.4) is 0 Å². The van der Waals surface area contributed by atoms with Gasteiger partial charge in [-0.2, -0.15) is 0 Å². The van der Waals surface area contributed by atoms with Gasteiger partial charge in [-0.05, 0) is 25.9 Å². The molecular weight excluding hydrogens is 246 g/mol. The molecule has 0 aliphatic carbocycles. The first-order valence-electron chi connectivity index (χ1n) is 6.52. The van der Waals surface area contributed by atoms with Gasteiger partial charge < -0.3 is 20.9 Å². The van der Waals surface area contributed by atoms with E-state index in [1.54, 1.807) is 0 Å². The molecular formula is C12H19N5O2. The second-order valence-electron chi connectivity index (χ2n) is 4.65. The standard InChI is InChI=1S/C12H19N5O2/c13-11(18)9-10(16-8-15-9)12(19)14-4-7-17-5-2-1-3-6-17/h8H,1-7H2,(H2,13,18)(H,14,19)(H,15,16). The van der Waals surface area contributed by atoms with Crippen LogP contribution >= 0.6 is 0 Å². The molecule has 2 rings (SSSR count). The summed E-state index contributed by atoms with van der Waals surface area (Å²) in [6, 6.07) is 0. The summed E-state index contributed by atoms with van der Waals surface area (Å²) in [6.07, 6.45) is 5.03. The van der Waals surface area contributed by atoms with Crippen molar-refractivity contribution in [3.63, 3.8) is 0 Å². The van der Waals surface area contributed by atoms with Crippen LogP contribution in [0.5, 0.6) is 0 Å². The number of carbonyl (C=O) groups is 2. The molecule has 19 heavy (non-hydrogen) atoms. The smallest absolute Gasteiger partial charge is 0.270 e. The third kappa shape index (κ3) is 3.54. The van der Waals surface area contributed by atoms with Gasteiger partial charge in [0.15, 0.2) is 5.69 Å². The molecule has 0 saturated carbocycles. The summed E-state index contributed by atoms with van der Waals surface area (Å²) in [4.78, 5) is 31.6. The Bertz CT molecular complexity index is 451. The number of nitrogens with two attached hydrogens (primary N) is 1. The Morgan fingerprint density at radius 1 is 1.37 bits per heavy atom. The Morgan fingerprint density at radius 3 is 2.79 bits per heavy atom. The molecule has 1 aromatic rings. The minimum Gasteiger partial charge on any atom is -0.364 e. The highest BCUT2D eigenvalue weighted by atomic mass is 16.2. The van der Waals surface area contributed by atoms with E-state index in [-0.39, 0.29) is 17.3 Å². The largest absolute Gasteiger partial charge is 0.364 e. The topological polar surface area (TPSA) is 104 Å². The highest BCUT2D eigenvalue weighted by Gasteiger charge is 2.18. The van der Waals surface area contributed by atoms with Crippen molar-refractivity contribution in [2.75, 3.05) is 26.2 Å². The molecule has 0 spiro atoms. The van der Waals surface area contributed by atoms with Crippen LogP contribution in [0, 0.1) is 0 Å². The maximum Gasteiger partial charge on any atom is 0.270 e. The number of aromatic nitrogens is 2. The van der Waals surface area contributed by atoms with Crippen molar-refractivity contribution >= 4 is 11.8 Å². The van der Waals surface area contributed by atoms with Crippen LogP contribution in [-0.4, -0.2) is 52.9 Å². The van der Waals surface area contributed by atoms with Crippen LogP contribution in [-0.2, 0) is 0 Å². The first-order chi connectivity index (χ1) is 9.18. The summed E-state index contributed by atoms with van der Waals surface area (Å²) in [5.74, 6) is -1.05. The normalized spacial score (nSPS) is 16.2. The van der Waals surface area contributed by atoms with Crippen molar-refractivity contribution in [2.24, 2.45) is 5.73 Å². The number of H-pyrrole nitrogens is 1. The molecule has 2 amide bonds. The molecule has 2 heterocycles. The number of aromatic amines is 1. The second-order valence-corrected chi connectivity index (χ2v) is 4.65. The number of rotatable bonds is 5. The van der Waals surface area contributed by atoms with Crippen molar-refractivity contribution in [1.82, 2.24) is 20.2 Å². The van der Waals surface area contributed by atoms with Crippen LogP contribution < -0.4 is 11.1 Å². The fourth-order valence-corrected chi connectivity index (χ4v) is 2.25. The Balaban J connectivity index is 1.80. The molecule has 0 aromatic carbocycles.